The van der Waals surface area contributed by atoms with Crippen molar-refractivity contribution in [3.63, 3.8) is 0 Å². The summed E-state index contributed by atoms with van der Waals surface area (Å²) in [5.41, 5.74) is 0.810. The third kappa shape index (κ3) is 6.50. The maximum absolute atomic E-state index is 13.4. The van der Waals surface area contributed by atoms with E-state index in [2.05, 4.69) is 4.72 Å². The van der Waals surface area contributed by atoms with E-state index < -0.39 is 32.5 Å². The minimum atomic E-state index is -4.27. The van der Waals surface area contributed by atoms with Crippen LogP contribution in [-0.4, -0.2) is 34.7 Å². The summed E-state index contributed by atoms with van der Waals surface area (Å²) in [7, 11) is -2.70. The number of hydrogen-bond donors (Lipinski definition) is 1. The quantitative estimate of drug-likeness (QED) is 0.349. The van der Waals surface area contributed by atoms with Crippen LogP contribution in [0.1, 0.15) is 15.9 Å². The molecule has 0 fully saturated rings. The topological polar surface area (TPSA) is 90.9 Å². The van der Waals surface area contributed by atoms with E-state index in [9.17, 15) is 22.0 Å². The molecule has 33 heavy (non-hydrogen) atoms. The van der Waals surface area contributed by atoms with Crippen molar-refractivity contribution in [2.45, 2.75) is 11.5 Å². The second-order valence-electron chi connectivity index (χ2n) is 6.76. The van der Waals surface area contributed by atoms with Gasteiger partial charge in [0, 0.05) is 0 Å². The van der Waals surface area contributed by atoms with Crippen molar-refractivity contribution in [2.24, 2.45) is 0 Å². The van der Waals surface area contributed by atoms with Crippen LogP contribution >= 0.6 is 0 Å². The van der Waals surface area contributed by atoms with Crippen LogP contribution in [0.25, 0.3) is 0 Å². The highest BCUT2D eigenvalue weighted by molar-refractivity contribution is 7.92. The molecular formula is C23H21F2NO6S. The Morgan fingerprint density at radius 1 is 0.939 bits per heavy atom. The zero-order valence-electron chi connectivity index (χ0n) is 17.6. The van der Waals surface area contributed by atoms with Gasteiger partial charge in [0.05, 0.1) is 36.5 Å². The van der Waals surface area contributed by atoms with Gasteiger partial charge in [-0.1, -0.05) is 24.3 Å². The molecule has 0 heterocycles. The summed E-state index contributed by atoms with van der Waals surface area (Å²) >= 11 is 0. The molecule has 0 atom stereocenters. The largest absolute Gasteiger partial charge is 0.497 e. The van der Waals surface area contributed by atoms with E-state index in [0.717, 1.165) is 17.4 Å². The van der Waals surface area contributed by atoms with Crippen molar-refractivity contribution >= 4 is 21.7 Å². The number of sulfonamides is 1. The van der Waals surface area contributed by atoms with Crippen LogP contribution in [0.3, 0.4) is 0 Å². The van der Waals surface area contributed by atoms with Crippen molar-refractivity contribution in [1.29, 1.82) is 0 Å². The van der Waals surface area contributed by atoms with Gasteiger partial charge in [0.1, 0.15) is 12.4 Å². The molecule has 0 unspecified atom stereocenters. The molecule has 3 aromatic carbocycles. The van der Waals surface area contributed by atoms with Gasteiger partial charge < -0.3 is 14.2 Å². The first-order valence-electron chi connectivity index (χ1n) is 9.75. The van der Waals surface area contributed by atoms with E-state index in [-0.39, 0.29) is 24.5 Å². The summed E-state index contributed by atoms with van der Waals surface area (Å²) in [5, 5.41) is 0. The Kier molecular flexibility index (Phi) is 7.96. The van der Waals surface area contributed by atoms with Crippen LogP contribution < -0.4 is 9.46 Å². The zero-order valence-corrected chi connectivity index (χ0v) is 18.4. The van der Waals surface area contributed by atoms with Crippen LogP contribution in [0.5, 0.6) is 5.75 Å². The number of hydrogen-bond acceptors (Lipinski definition) is 6. The molecule has 0 aliphatic heterocycles. The maximum atomic E-state index is 13.4. The first kappa shape index (κ1) is 24.1. The van der Waals surface area contributed by atoms with E-state index in [0.29, 0.717) is 18.7 Å². The lowest BCUT2D eigenvalue weighted by atomic mass is 10.2. The normalized spacial score (nSPS) is 11.1. The van der Waals surface area contributed by atoms with Crippen LogP contribution in [0.4, 0.5) is 14.5 Å². The average Bonchev–Trinajstić information content (AvgIpc) is 2.81. The molecule has 3 rings (SSSR count). The highest BCUT2D eigenvalue weighted by atomic mass is 32.2. The lowest BCUT2D eigenvalue weighted by molar-refractivity contribution is 0.0289. The molecule has 0 aromatic heterocycles. The first-order valence-corrected chi connectivity index (χ1v) is 11.2. The minimum Gasteiger partial charge on any atom is -0.497 e. The van der Waals surface area contributed by atoms with E-state index in [4.69, 9.17) is 14.2 Å². The van der Waals surface area contributed by atoms with Crippen LogP contribution in [0.2, 0.25) is 0 Å². The van der Waals surface area contributed by atoms with Gasteiger partial charge in [0.25, 0.3) is 10.0 Å². The molecule has 7 nitrogen and oxygen atoms in total. The number of ether oxygens (including phenoxy) is 3. The number of methoxy groups -OCH3 is 1. The van der Waals surface area contributed by atoms with Crippen molar-refractivity contribution in [1.82, 2.24) is 0 Å². The lowest BCUT2D eigenvalue weighted by Gasteiger charge is -2.13. The number of benzene rings is 3. The standard InChI is InChI=1S/C23H21F2NO6S/c1-30-17-8-6-16(7-9-17)15-31-12-13-32-23(27)19-4-2-3-5-22(19)26-33(28,29)18-10-11-20(24)21(25)14-18/h2-11,14,26H,12-13,15H2,1H3. The lowest BCUT2D eigenvalue weighted by Crippen LogP contribution is -2.17. The molecule has 0 saturated carbocycles. The van der Waals surface area contributed by atoms with Gasteiger partial charge in [-0.2, -0.15) is 0 Å². The Labute approximate surface area is 190 Å². The van der Waals surface area contributed by atoms with E-state index in [1.165, 1.54) is 24.3 Å². The number of rotatable bonds is 10. The van der Waals surface area contributed by atoms with Gasteiger partial charge in [-0.25, -0.2) is 22.0 Å². The highest BCUT2D eigenvalue weighted by Crippen LogP contribution is 2.22. The Balaban J connectivity index is 1.57. The molecule has 10 heteroatoms. The van der Waals surface area contributed by atoms with E-state index >= 15 is 0 Å². The second kappa shape index (κ2) is 10.9. The summed E-state index contributed by atoms with van der Waals surface area (Å²) < 4.78 is 69.6. The second-order valence-corrected chi connectivity index (χ2v) is 8.45. The summed E-state index contributed by atoms with van der Waals surface area (Å²) in [5.74, 6) is -2.52. The van der Waals surface area contributed by atoms with Gasteiger partial charge in [0.15, 0.2) is 11.6 Å². The predicted octanol–water partition coefficient (Wildman–Crippen LogP) is 4.15. The monoisotopic (exact) mass is 477 g/mol. The smallest absolute Gasteiger partial charge is 0.340 e. The van der Waals surface area contributed by atoms with Crippen molar-refractivity contribution < 1.29 is 36.2 Å². The summed E-state index contributed by atoms with van der Waals surface area (Å²) in [4.78, 5) is 12.0. The fourth-order valence-electron chi connectivity index (χ4n) is 2.78. The summed E-state index contributed by atoms with van der Waals surface area (Å²) in [6.45, 7) is 0.381. The Morgan fingerprint density at radius 2 is 1.67 bits per heavy atom. The Morgan fingerprint density at radius 3 is 2.36 bits per heavy atom. The number of anilines is 1. The molecular weight excluding hydrogens is 456 g/mol. The molecule has 0 radical (unpaired) electrons. The molecule has 0 aliphatic carbocycles. The molecule has 0 aliphatic rings. The Bertz CT molecular complexity index is 1220. The number of nitrogens with one attached hydrogen (secondary N) is 1. The molecule has 3 aromatic rings. The van der Waals surface area contributed by atoms with Crippen molar-refractivity contribution in [3.8, 4) is 5.75 Å². The van der Waals surface area contributed by atoms with Crippen LogP contribution in [-0.2, 0) is 26.1 Å². The molecule has 0 amide bonds. The summed E-state index contributed by atoms with van der Waals surface area (Å²) in [6.07, 6.45) is 0. The SMILES string of the molecule is COc1ccc(COCCOC(=O)c2ccccc2NS(=O)(=O)c2ccc(F)c(F)c2)cc1. The third-order valence-corrected chi connectivity index (χ3v) is 5.84. The van der Waals surface area contributed by atoms with E-state index in [1.807, 2.05) is 12.1 Å². The number of para-hydroxylation sites is 1. The maximum Gasteiger partial charge on any atom is 0.340 e. The number of carbonyl (C=O) groups excluding carboxylic acids is 1. The fourth-order valence-corrected chi connectivity index (χ4v) is 3.87. The fraction of sp³-hybridized carbons (Fsp3) is 0.174. The van der Waals surface area contributed by atoms with Gasteiger partial charge in [0.2, 0.25) is 0 Å². The molecule has 1 N–H and O–H groups in total. The molecule has 0 spiro atoms. The Hall–Kier alpha value is -3.50. The number of halogens is 2. The zero-order chi connectivity index (χ0) is 23.8. The van der Waals surface area contributed by atoms with Gasteiger partial charge in [-0.15, -0.1) is 0 Å². The third-order valence-electron chi connectivity index (χ3n) is 4.48. The van der Waals surface area contributed by atoms with E-state index in [1.54, 1.807) is 19.2 Å². The highest BCUT2D eigenvalue weighted by Gasteiger charge is 2.20. The van der Waals surface area contributed by atoms with Gasteiger partial charge in [-0.05, 0) is 48.0 Å². The number of carbonyl (C=O) groups is 1. The molecule has 174 valence electrons. The average molecular weight is 477 g/mol. The summed E-state index contributed by atoms with van der Waals surface area (Å²) in [6, 6.07) is 15.3. The van der Waals surface area contributed by atoms with Crippen molar-refractivity contribution in [3.05, 3.63) is 89.5 Å². The number of esters is 1. The van der Waals surface area contributed by atoms with Gasteiger partial charge in [-0.3, -0.25) is 4.72 Å². The minimum absolute atomic E-state index is 0.0428. The van der Waals surface area contributed by atoms with Gasteiger partial charge >= 0.3 is 5.97 Å². The predicted molar refractivity (Wildman–Crippen MR) is 117 cm³/mol. The first-order chi connectivity index (χ1) is 15.8. The van der Waals surface area contributed by atoms with Crippen LogP contribution in [0.15, 0.2) is 71.6 Å². The van der Waals surface area contributed by atoms with Crippen molar-refractivity contribution in [2.75, 3.05) is 25.0 Å². The molecule has 0 saturated heterocycles. The van der Waals surface area contributed by atoms with Crippen LogP contribution in [0, 0.1) is 11.6 Å². The molecule has 0 bridgehead atoms.